The van der Waals surface area contributed by atoms with Crippen molar-refractivity contribution in [2.24, 2.45) is 0 Å². The zero-order chi connectivity index (χ0) is 18.7. The molecular formula is C18H15BrN2O4S. The first-order chi connectivity index (χ1) is 12.5. The first-order valence-electron chi connectivity index (χ1n) is 7.79. The molecule has 1 fully saturated rings. The van der Waals surface area contributed by atoms with Gasteiger partial charge in [-0.1, -0.05) is 28.1 Å². The van der Waals surface area contributed by atoms with Crippen LogP contribution < -0.4 is 5.32 Å². The fourth-order valence-corrected chi connectivity index (χ4v) is 3.69. The van der Waals surface area contributed by atoms with Gasteiger partial charge in [0, 0.05) is 23.1 Å². The standard InChI is InChI=1S/C18H15BrN2O4S/c1-11-5-8-25-15(11)16(22)20-6-7-21-17(23)14(26-18(21)24)10-12-3-2-4-13(19)9-12/h2-5,8-10H,6-7H2,1H3,(H,20,22)/b14-10+. The summed E-state index contributed by atoms with van der Waals surface area (Å²) in [5, 5.41) is 2.30. The lowest BCUT2D eigenvalue weighted by molar-refractivity contribution is -0.122. The number of benzene rings is 1. The van der Waals surface area contributed by atoms with Gasteiger partial charge in [-0.2, -0.15) is 0 Å². The highest BCUT2D eigenvalue weighted by molar-refractivity contribution is 9.10. The summed E-state index contributed by atoms with van der Waals surface area (Å²) in [6.07, 6.45) is 3.12. The van der Waals surface area contributed by atoms with Crippen LogP contribution in [0, 0.1) is 6.92 Å². The summed E-state index contributed by atoms with van der Waals surface area (Å²) in [5.74, 6) is -0.499. The van der Waals surface area contributed by atoms with Crippen LogP contribution in [0.3, 0.4) is 0 Å². The van der Waals surface area contributed by atoms with Gasteiger partial charge >= 0.3 is 0 Å². The van der Waals surface area contributed by atoms with E-state index >= 15 is 0 Å². The number of hydrogen-bond acceptors (Lipinski definition) is 5. The minimum absolute atomic E-state index is 0.103. The van der Waals surface area contributed by atoms with Crippen LogP contribution in [0.1, 0.15) is 21.7 Å². The van der Waals surface area contributed by atoms with Crippen LogP contribution >= 0.6 is 27.7 Å². The number of nitrogens with one attached hydrogen (secondary N) is 1. The Hall–Kier alpha value is -2.32. The number of hydrogen-bond donors (Lipinski definition) is 1. The molecule has 3 amide bonds. The minimum Gasteiger partial charge on any atom is -0.459 e. The Morgan fingerprint density at radius 2 is 2.15 bits per heavy atom. The number of rotatable bonds is 5. The van der Waals surface area contributed by atoms with Crippen LogP contribution in [0.5, 0.6) is 0 Å². The lowest BCUT2D eigenvalue weighted by Gasteiger charge is -2.12. The second kappa shape index (κ2) is 7.92. The molecule has 0 bridgehead atoms. The van der Waals surface area contributed by atoms with E-state index in [2.05, 4.69) is 21.2 Å². The van der Waals surface area contributed by atoms with Crippen molar-refractivity contribution in [1.82, 2.24) is 10.2 Å². The number of aryl methyl sites for hydroxylation is 1. The van der Waals surface area contributed by atoms with Gasteiger partial charge in [-0.15, -0.1) is 0 Å². The quantitative estimate of drug-likeness (QED) is 0.723. The van der Waals surface area contributed by atoms with E-state index in [-0.39, 0.29) is 35.9 Å². The van der Waals surface area contributed by atoms with Gasteiger partial charge in [0.25, 0.3) is 17.1 Å². The molecule has 1 saturated heterocycles. The summed E-state index contributed by atoms with van der Waals surface area (Å²) in [4.78, 5) is 38.0. The third-order valence-electron chi connectivity index (χ3n) is 3.71. The van der Waals surface area contributed by atoms with E-state index in [0.29, 0.717) is 4.91 Å². The Bertz CT molecular complexity index is 906. The van der Waals surface area contributed by atoms with Crippen LogP contribution in [-0.2, 0) is 4.79 Å². The van der Waals surface area contributed by atoms with Crippen LogP contribution in [0.25, 0.3) is 6.08 Å². The average Bonchev–Trinajstić information content (AvgIpc) is 3.13. The summed E-state index contributed by atoms with van der Waals surface area (Å²) >= 11 is 4.27. The number of nitrogens with zero attached hydrogens (tertiary/aromatic N) is 1. The molecule has 1 N–H and O–H groups in total. The van der Waals surface area contributed by atoms with Gasteiger partial charge in [0.05, 0.1) is 11.2 Å². The highest BCUT2D eigenvalue weighted by Crippen LogP contribution is 2.32. The van der Waals surface area contributed by atoms with Crippen molar-refractivity contribution in [3.8, 4) is 0 Å². The van der Waals surface area contributed by atoms with Crippen molar-refractivity contribution in [3.05, 3.63) is 62.9 Å². The molecular weight excluding hydrogens is 420 g/mol. The van der Waals surface area contributed by atoms with Gasteiger partial charge in [-0.25, -0.2) is 0 Å². The molecule has 0 atom stereocenters. The van der Waals surface area contributed by atoms with E-state index in [0.717, 1.165) is 32.3 Å². The lowest BCUT2D eigenvalue weighted by Crippen LogP contribution is -2.37. The van der Waals surface area contributed by atoms with Gasteiger partial charge in [0.15, 0.2) is 5.76 Å². The first-order valence-corrected chi connectivity index (χ1v) is 9.40. The van der Waals surface area contributed by atoms with Gasteiger partial charge in [-0.3, -0.25) is 19.3 Å². The smallest absolute Gasteiger partial charge is 0.293 e. The third-order valence-corrected chi connectivity index (χ3v) is 5.11. The Kier molecular flexibility index (Phi) is 5.63. The molecule has 1 aliphatic rings. The zero-order valence-corrected chi connectivity index (χ0v) is 16.2. The summed E-state index contributed by atoms with van der Waals surface area (Å²) in [7, 11) is 0. The van der Waals surface area contributed by atoms with Crippen LogP contribution in [-0.4, -0.2) is 35.0 Å². The lowest BCUT2D eigenvalue weighted by atomic mass is 10.2. The number of furan rings is 1. The maximum Gasteiger partial charge on any atom is 0.293 e. The molecule has 0 radical (unpaired) electrons. The van der Waals surface area contributed by atoms with Crippen molar-refractivity contribution < 1.29 is 18.8 Å². The predicted molar refractivity (Wildman–Crippen MR) is 103 cm³/mol. The molecule has 1 aromatic carbocycles. The van der Waals surface area contributed by atoms with E-state index in [1.54, 1.807) is 19.1 Å². The monoisotopic (exact) mass is 434 g/mol. The molecule has 8 heteroatoms. The van der Waals surface area contributed by atoms with Crippen molar-refractivity contribution in [1.29, 1.82) is 0 Å². The molecule has 26 heavy (non-hydrogen) atoms. The zero-order valence-electron chi connectivity index (χ0n) is 13.8. The SMILES string of the molecule is Cc1ccoc1C(=O)NCCN1C(=O)S/C(=C/c2cccc(Br)c2)C1=O. The molecule has 6 nitrogen and oxygen atoms in total. The molecule has 134 valence electrons. The Morgan fingerprint density at radius 3 is 2.85 bits per heavy atom. The molecule has 3 rings (SSSR count). The predicted octanol–water partition coefficient (Wildman–Crippen LogP) is 3.82. The summed E-state index contributed by atoms with van der Waals surface area (Å²) < 4.78 is 6.00. The molecule has 2 heterocycles. The number of amides is 3. The molecule has 0 saturated carbocycles. The van der Waals surface area contributed by atoms with Crippen molar-refractivity contribution in [2.45, 2.75) is 6.92 Å². The van der Waals surface area contributed by atoms with E-state index in [1.165, 1.54) is 6.26 Å². The Balaban J connectivity index is 1.61. The number of carbonyl (C=O) groups is 3. The number of thioether (sulfide) groups is 1. The highest BCUT2D eigenvalue weighted by atomic mass is 79.9. The fraction of sp³-hybridized carbons (Fsp3) is 0.167. The minimum atomic E-state index is -0.371. The molecule has 1 aromatic heterocycles. The van der Waals surface area contributed by atoms with E-state index in [9.17, 15) is 14.4 Å². The van der Waals surface area contributed by atoms with E-state index in [1.807, 2.05) is 24.3 Å². The maximum absolute atomic E-state index is 12.4. The normalized spacial score (nSPS) is 15.8. The average molecular weight is 435 g/mol. The third kappa shape index (κ3) is 4.08. The summed E-state index contributed by atoms with van der Waals surface area (Å²) in [5.41, 5.74) is 1.55. The van der Waals surface area contributed by atoms with Gasteiger partial charge in [0.1, 0.15) is 0 Å². The van der Waals surface area contributed by atoms with E-state index in [4.69, 9.17) is 4.42 Å². The number of imide groups is 1. The largest absolute Gasteiger partial charge is 0.459 e. The van der Waals surface area contributed by atoms with Crippen LogP contribution in [0.15, 0.2) is 50.4 Å². The topological polar surface area (TPSA) is 79.6 Å². The van der Waals surface area contributed by atoms with Crippen LogP contribution in [0.2, 0.25) is 0 Å². The van der Waals surface area contributed by atoms with E-state index < -0.39 is 0 Å². The molecule has 0 spiro atoms. The first kappa shape index (κ1) is 18.5. The molecule has 2 aromatic rings. The molecule has 1 aliphatic heterocycles. The van der Waals surface area contributed by atoms with Gasteiger partial charge in [-0.05, 0) is 48.5 Å². The molecule has 0 unspecified atom stereocenters. The van der Waals surface area contributed by atoms with Crippen LogP contribution in [0.4, 0.5) is 4.79 Å². The Labute approximate surface area is 162 Å². The van der Waals surface area contributed by atoms with Crippen molar-refractivity contribution >= 4 is 50.8 Å². The fourth-order valence-electron chi connectivity index (χ4n) is 2.41. The summed E-state index contributed by atoms with van der Waals surface area (Å²) in [6.45, 7) is 2.02. The second-order valence-electron chi connectivity index (χ2n) is 5.58. The second-order valence-corrected chi connectivity index (χ2v) is 7.49. The highest BCUT2D eigenvalue weighted by Gasteiger charge is 2.34. The molecule has 0 aliphatic carbocycles. The van der Waals surface area contributed by atoms with Crippen molar-refractivity contribution in [3.63, 3.8) is 0 Å². The van der Waals surface area contributed by atoms with Gasteiger partial charge in [0.2, 0.25) is 0 Å². The van der Waals surface area contributed by atoms with Crippen molar-refractivity contribution in [2.75, 3.05) is 13.1 Å². The Morgan fingerprint density at radius 1 is 1.35 bits per heavy atom. The number of halogens is 1. The maximum atomic E-state index is 12.4. The number of carbonyl (C=O) groups excluding carboxylic acids is 3. The van der Waals surface area contributed by atoms with Gasteiger partial charge < -0.3 is 9.73 Å². The summed E-state index contributed by atoms with van der Waals surface area (Å²) in [6, 6.07) is 9.14.